The Balaban J connectivity index is 0.00000240. The first-order valence-electron chi connectivity index (χ1n) is 9.28. The molecule has 0 spiro atoms. The van der Waals surface area contributed by atoms with Crippen LogP contribution in [0.1, 0.15) is 29.8 Å². The molecule has 4 N–H and O–H groups in total. The van der Waals surface area contributed by atoms with Crippen LogP contribution in [-0.2, 0) is 22.6 Å². The molecule has 0 saturated heterocycles. The fourth-order valence-electron chi connectivity index (χ4n) is 3.62. The number of benzene rings is 2. The van der Waals surface area contributed by atoms with Crippen molar-refractivity contribution >= 4 is 40.9 Å². The van der Waals surface area contributed by atoms with Crippen LogP contribution in [0.5, 0.6) is 0 Å². The Morgan fingerprint density at radius 1 is 1.31 bits per heavy atom. The molecule has 1 atom stereocenters. The SMILES string of the molecule is CCOC(=O)CNCc1ccc2[nH]c(-c3ccc(Cl)c4c3C(O)NC4)cc2c1.Cl. The molecule has 8 heteroatoms. The van der Waals surface area contributed by atoms with Gasteiger partial charge in [0.15, 0.2) is 0 Å². The summed E-state index contributed by atoms with van der Waals surface area (Å²) in [5.74, 6) is -0.253. The van der Waals surface area contributed by atoms with Gasteiger partial charge in [0.25, 0.3) is 0 Å². The Hall–Kier alpha value is -2.09. The fraction of sp³-hybridized carbons (Fsp3) is 0.286. The predicted molar refractivity (Wildman–Crippen MR) is 116 cm³/mol. The lowest BCUT2D eigenvalue weighted by atomic mass is 10.00. The lowest BCUT2D eigenvalue weighted by Gasteiger charge is -2.11. The number of aromatic amines is 1. The van der Waals surface area contributed by atoms with Gasteiger partial charge in [0.2, 0.25) is 0 Å². The molecule has 3 aromatic rings. The lowest BCUT2D eigenvalue weighted by Crippen LogP contribution is -2.24. The largest absolute Gasteiger partial charge is 0.465 e. The molecule has 0 saturated carbocycles. The van der Waals surface area contributed by atoms with Crippen molar-refractivity contribution in [2.24, 2.45) is 0 Å². The topological polar surface area (TPSA) is 86.4 Å². The molecule has 4 rings (SSSR count). The minimum atomic E-state index is -0.724. The van der Waals surface area contributed by atoms with Crippen LogP contribution in [0, 0.1) is 0 Å². The summed E-state index contributed by atoms with van der Waals surface area (Å²) in [5.41, 5.74) is 5.72. The highest BCUT2D eigenvalue weighted by Gasteiger charge is 2.26. The molecule has 29 heavy (non-hydrogen) atoms. The van der Waals surface area contributed by atoms with Gasteiger partial charge in [0.05, 0.1) is 13.2 Å². The average molecular weight is 436 g/mol. The highest BCUT2D eigenvalue weighted by molar-refractivity contribution is 6.31. The van der Waals surface area contributed by atoms with E-state index in [-0.39, 0.29) is 24.9 Å². The first-order chi connectivity index (χ1) is 13.6. The number of halogens is 2. The molecule has 0 fully saturated rings. The van der Waals surface area contributed by atoms with E-state index in [1.54, 1.807) is 6.92 Å². The summed E-state index contributed by atoms with van der Waals surface area (Å²) in [5, 5.41) is 18.2. The van der Waals surface area contributed by atoms with E-state index in [4.69, 9.17) is 16.3 Å². The molecule has 1 aromatic heterocycles. The van der Waals surface area contributed by atoms with E-state index in [0.717, 1.165) is 38.9 Å². The van der Waals surface area contributed by atoms with Crippen LogP contribution in [0.15, 0.2) is 36.4 Å². The van der Waals surface area contributed by atoms with Gasteiger partial charge < -0.3 is 20.1 Å². The summed E-state index contributed by atoms with van der Waals surface area (Å²) in [6.45, 7) is 3.50. The number of H-pyrrole nitrogens is 1. The van der Waals surface area contributed by atoms with Crippen molar-refractivity contribution in [1.29, 1.82) is 0 Å². The molecule has 1 aliphatic rings. The number of esters is 1. The second-order valence-electron chi connectivity index (χ2n) is 6.78. The summed E-state index contributed by atoms with van der Waals surface area (Å²) < 4.78 is 4.91. The number of aromatic nitrogens is 1. The van der Waals surface area contributed by atoms with Crippen LogP contribution in [0.3, 0.4) is 0 Å². The van der Waals surface area contributed by atoms with Gasteiger partial charge in [0.1, 0.15) is 6.23 Å². The van der Waals surface area contributed by atoms with Crippen LogP contribution in [0.25, 0.3) is 22.2 Å². The van der Waals surface area contributed by atoms with Gasteiger partial charge in [-0.2, -0.15) is 0 Å². The third kappa shape index (κ3) is 4.42. The van der Waals surface area contributed by atoms with Crippen LogP contribution < -0.4 is 10.6 Å². The molecule has 154 valence electrons. The Bertz CT molecular complexity index is 1040. The first-order valence-corrected chi connectivity index (χ1v) is 9.65. The van der Waals surface area contributed by atoms with E-state index < -0.39 is 6.23 Å². The molecule has 2 heterocycles. The van der Waals surface area contributed by atoms with Crippen molar-refractivity contribution in [3.8, 4) is 11.3 Å². The second kappa shape index (κ2) is 9.15. The summed E-state index contributed by atoms with van der Waals surface area (Å²) in [7, 11) is 0. The summed E-state index contributed by atoms with van der Waals surface area (Å²) in [4.78, 5) is 14.8. The number of nitrogens with one attached hydrogen (secondary N) is 3. The van der Waals surface area contributed by atoms with Crippen molar-refractivity contribution in [3.05, 3.63) is 58.1 Å². The summed E-state index contributed by atoms with van der Waals surface area (Å²) >= 11 is 6.28. The number of aliphatic hydroxyl groups is 1. The maximum Gasteiger partial charge on any atom is 0.319 e. The summed E-state index contributed by atoms with van der Waals surface area (Å²) in [6.07, 6.45) is -0.724. The molecule has 0 radical (unpaired) electrons. The Morgan fingerprint density at radius 2 is 2.14 bits per heavy atom. The van der Waals surface area contributed by atoms with Gasteiger partial charge in [-0.05, 0) is 42.3 Å². The number of hydrogen-bond donors (Lipinski definition) is 4. The molecule has 0 bridgehead atoms. The quantitative estimate of drug-likeness (QED) is 0.443. The van der Waals surface area contributed by atoms with Crippen molar-refractivity contribution in [2.45, 2.75) is 26.2 Å². The maximum absolute atomic E-state index is 11.4. The van der Waals surface area contributed by atoms with Gasteiger partial charge in [-0.15, -0.1) is 12.4 Å². The van der Waals surface area contributed by atoms with Crippen molar-refractivity contribution < 1.29 is 14.6 Å². The number of fused-ring (bicyclic) bond motifs is 2. The normalized spacial score (nSPS) is 15.2. The molecule has 0 amide bonds. The van der Waals surface area contributed by atoms with E-state index in [1.165, 1.54) is 0 Å². The lowest BCUT2D eigenvalue weighted by molar-refractivity contribution is -0.142. The van der Waals surface area contributed by atoms with E-state index in [2.05, 4.69) is 27.8 Å². The number of ether oxygens (including phenoxy) is 1. The number of rotatable bonds is 6. The Morgan fingerprint density at radius 3 is 2.93 bits per heavy atom. The molecule has 1 unspecified atom stereocenters. The van der Waals surface area contributed by atoms with Crippen LogP contribution in [0.2, 0.25) is 5.02 Å². The van der Waals surface area contributed by atoms with Gasteiger partial charge in [-0.25, -0.2) is 0 Å². The maximum atomic E-state index is 11.4. The van der Waals surface area contributed by atoms with Gasteiger partial charge in [-0.3, -0.25) is 10.1 Å². The van der Waals surface area contributed by atoms with Crippen LogP contribution in [0.4, 0.5) is 0 Å². The monoisotopic (exact) mass is 435 g/mol. The number of hydrogen-bond acceptors (Lipinski definition) is 5. The van der Waals surface area contributed by atoms with Gasteiger partial charge in [0, 0.05) is 45.8 Å². The highest BCUT2D eigenvalue weighted by Crippen LogP contribution is 2.38. The average Bonchev–Trinajstić information content (AvgIpc) is 3.27. The van der Waals surface area contributed by atoms with Crippen LogP contribution >= 0.6 is 24.0 Å². The van der Waals surface area contributed by atoms with E-state index in [0.29, 0.717) is 24.7 Å². The number of carbonyl (C=O) groups excluding carboxylic acids is 1. The third-order valence-electron chi connectivity index (χ3n) is 4.92. The zero-order valence-electron chi connectivity index (χ0n) is 15.9. The molecular weight excluding hydrogens is 413 g/mol. The smallest absolute Gasteiger partial charge is 0.319 e. The van der Waals surface area contributed by atoms with Crippen LogP contribution in [-0.4, -0.2) is 29.2 Å². The predicted octanol–water partition coefficient (Wildman–Crippen LogP) is 3.66. The zero-order chi connectivity index (χ0) is 19.7. The fourth-order valence-corrected chi connectivity index (χ4v) is 3.86. The molecule has 1 aliphatic heterocycles. The van der Waals surface area contributed by atoms with E-state index >= 15 is 0 Å². The van der Waals surface area contributed by atoms with E-state index in [9.17, 15) is 9.90 Å². The summed E-state index contributed by atoms with van der Waals surface area (Å²) in [6, 6.07) is 12.0. The molecular formula is C21H23Cl2N3O3. The first kappa shape index (κ1) is 21.6. The standard InChI is InChI=1S/C21H22ClN3O3.ClH/c1-2-28-19(26)11-23-9-12-3-6-17-13(7-12)8-18(25-17)14-4-5-16(22)15-10-24-21(27)20(14)15;/h3-8,21,23-25,27H,2,9-11H2,1H3;1H. The highest BCUT2D eigenvalue weighted by atomic mass is 35.5. The number of carbonyl (C=O) groups is 1. The van der Waals surface area contributed by atoms with Crippen molar-refractivity contribution in [1.82, 2.24) is 15.6 Å². The zero-order valence-corrected chi connectivity index (χ0v) is 17.5. The minimum absolute atomic E-state index is 0. The van der Waals surface area contributed by atoms with E-state index in [1.807, 2.05) is 24.3 Å². The molecule has 6 nitrogen and oxygen atoms in total. The van der Waals surface area contributed by atoms with Crippen molar-refractivity contribution in [2.75, 3.05) is 13.2 Å². The molecule has 2 aromatic carbocycles. The van der Waals surface area contributed by atoms with Crippen molar-refractivity contribution in [3.63, 3.8) is 0 Å². The van der Waals surface area contributed by atoms with Gasteiger partial charge in [-0.1, -0.05) is 23.7 Å². The minimum Gasteiger partial charge on any atom is -0.465 e. The van der Waals surface area contributed by atoms with Gasteiger partial charge >= 0.3 is 5.97 Å². The second-order valence-corrected chi connectivity index (χ2v) is 7.19. The Labute approximate surface area is 180 Å². The third-order valence-corrected chi connectivity index (χ3v) is 5.28. The number of aliphatic hydroxyl groups excluding tert-OH is 1. The Kier molecular flexibility index (Phi) is 6.82. The molecule has 0 aliphatic carbocycles.